The maximum absolute atomic E-state index is 11.9. The van der Waals surface area contributed by atoms with E-state index in [9.17, 15) is 4.79 Å². The fourth-order valence-corrected chi connectivity index (χ4v) is 2.21. The van der Waals surface area contributed by atoms with Gasteiger partial charge in [-0.25, -0.2) is 0 Å². The molecule has 0 amide bonds. The predicted molar refractivity (Wildman–Crippen MR) is 69.5 cm³/mol. The van der Waals surface area contributed by atoms with Crippen LogP contribution in [0.25, 0.3) is 10.9 Å². The molecule has 0 atom stereocenters. The number of hydrogen-bond acceptors (Lipinski definition) is 4. The molecule has 1 aliphatic heterocycles. The van der Waals surface area contributed by atoms with Gasteiger partial charge in [0.1, 0.15) is 11.6 Å². The third-order valence-corrected chi connectivity index (χ3v) is 3.21. The number of aryl methyl sites for hydroxylation is 1. The van der Waals surface area contributed by atoms with E-state index in [0.717, 1.165) is 17.3 Å². The van der Waals surface area contributed by atoms with Crippen LogP contribution < -0.4 is 15.0 Å². The minimum absolute atomic E-state index is 0.129. The summed E-state index contributed by atoms with van der Waals surface area (Å²) in [6.07, 6.45) is 0.827. The molecule has 1 aromatic carbocycles. The molecule has 0 bridgehead atoms. The summed E-state index contributed by atoms with van der Waals surface area (Å²) >= 11 is 0. The summed E-state index contributed by atoms with van der Waals surface area (Å²) in [5.74, 6) is 1.30. The van der Waals surface area contributed by atoms with Crippen LogP contribution in [0.5, 0.6) is 11.5 Å². The summed E-state index contributed by atoms with van der Waals surface area (Å²) in [5, 5.41) is 9.76. The first-order valence-electron chi connectivity index (χ1n) is 6.04. The number of aromatic nitrogens is 1. The Bertz CT molecular complexity index is 756. The first-order valence-corrected chi connectivity index (χ1v) is 6.04. The molecular weight excluding hydrogens is 244 g/mol. The highest BCUT2D eigenvalue weighted by Gasteiger charge is 2.14. The molecule has 2 heterocycles. The van der Waals surface area contributed by atoms with Crippen LogP contribution in [0.2, 0.25) is 0 Å². The monoisotopic (exact) mass is 256 g/mol. The standard InChI is InChI=1S/C14H12N2O3/c1-16-11-7-13-12(18-3-2-4-19-13)6-9(11)5-10(8-15)14(16)17/h5-7H,2-4H2,1H3. The third-order valence-electron chi connectivity index (χ3n) is 3.21. The predicted octanol–water partition coefficient (Wildman–Crippen LogP) is 1.57. The van der Waals surface area contributed by atoms with Crippen molar-refractivity contribution in [1.82, 2.24) is 4.57 Å². The van der Waals surface area contributed by atoms with Gasteiger partial charge >= 0.3 is 0 Å². The van der Waals surface area contributed by atoms with Crippen molar-refractivity contribution in [2.24, 2.45) is 7.05 Å². The molecule has 1 aliphatic rings. The van der Waals surface area contributed by atoms with E-state index in [1.807, 2.05) is 12.1 Å². The molecule has 0 fully saturated rings. The van der Waals surface area contributed by atoms with Crippen LogP contribution in [0, 0.1) is 11.3 Å². The van der Waals surface area contributed by atoms with Gasteiger partial charge in [-0.3, -0.25) is 4.79 Å². The van der Waals surface area contributed by atoms with Crippen LogP contribution in [0.4, 0.5) is 0 Å². The van der Waals surface area contributed by atoms with E-state index >= 15 is 0 Å². The van der Waals surface area contributed by atoms with E-state index in [1.54, 1.807) is 19.2 Å². The Morgan fingerprint density at radius 2 is 1.89 bits per heavy atom. The summed E-state index contributed by atoms with van der Waals surface area (Å²) in [4.78, 5) is 11.9. The van der Waals surface area contributed by atoms with Crippen LogP contribution in [-0.2, 0) is 7.05 Å². The van der Waals surface area contributed by atoms with Crippen molar-refractivity contribution in [3.05, 3.63) is 34.1 Å². The minimum atomic E-state index is -0.301. The number of nitrogens with zero attached hydrogens (tertiary/aromatic N) is 2. The van der Waals surface area contributed by atoms with Crippen LogP contribution >= 0.6 is 0 Å². The van der Waals surface area contributed by atoms with Crippen molar-refractivity contribution in [2.75, 3.05) is 13.2 Å². The summed E-state index contributed by atoms with van der Waals surface area (Å²) in [6, 6.07) is 7.11. The largest absolute Gasteiger partial charge is 0.490 e. The number of nitriles is 1. The molecule has 0 spiro atoms. The second-order valence-electron chi connectivity index (χ2n) is 4.44. The van der Waals surface area contributed by atoms with Gasteiger partial charge in [0, 0.05) is 24.9 Å². The van der Waals surface area contributed by atoms with E-state index in [1.165, 1.54) is 4.57 Å². The van der Waals surface area contributed by atoms with Crippen LogP contribution in [0.3, 0.4) is 0 Å². The van der Waals surface area contributed by atoms with Crippen LogP contribution in [0.1, 0.15) is 12.0 Å². The zero-order valence-electron chi connectivity index (χ0n) is 10.5. The molecule has 5 nitrogen and oxygen atoms in total. The molecule has 0 saturated heterocycles. The molecule has 5 heteroatoms. The van der Waals surface area contributed by atoms with Gasteiger partial charge in [-0.2, -0.15) is 5.26 Å². The molecule has 2 aromatic rings. The van der Waals surface area contributed by atoms with Crippen molar-refractivity contribution in [3.63, 3.8) is 0 Å². The van der Waals surface area contributed by atoms with Crippen molar-refractivity contribution < 1.29 is 9.47 Å². The lowest BCUT2D eigenvalue weighted by molar-refractivity contribution is 0.297. The van der Waals surface area contributed by atoms with Gasteiger partial charge in [0.05, 0.1) is 18.7 Å². The fourth-order valence-electron chi connectivity index (χ4n) is 2.21. The molecule has 0 radical (unpaired) electrons. The van der Waals surface area contributed by atoms with Gasteiger partial charge in [0.25, 0.3) is 5.56 Å². The molecule has 0 aliphatic carbocycles. The lowest BCUT2D eigenvalue weighted by atomic mass is 10.1. The van der Waals surface area contributed by atoms with E-state index < -0.39 is 0 Å². The van der Waals surface area contributed by atoms with Crippen molar-refractivity contribution in [3.8, 4) is 17.6 Å². The van der Waals surface area contributed by atoms with Gasteiger partial charge in [-0.15, -0.1) is 0 Å². The van der Waals surface area contributed by atoms with Crippen molar-refractivity contribution >= 4 is 10.9 Å². The van der Waals surface area contributed by atoms with Gasteiger partial charge in [-0.1, -0.05) is 0 Å². The molecule has 1 aromatic heterocycles. The lowest BCUT2D eigenvalue weighted by Gasteiger charge is -2.11. The molecule has 96 valence electrons. The zero-order valence-corrected chi connectivity index (χ0v) is 10.5. The second-order valence-corrected chi connectivity index (χ2v) is 4.44. The smallest absolute Gasteiger partial charge is 0.268 e. The summed E-state index contributed by atoms with van der Waals surface area (Å²) in [5.41, 5.74) is 0.558. The first kappa shape index (κ1) is 11.6. The Morgan fingerprint density at radius 3 is 2.58 bits per heavy atom. The fraction of sp³-hybridized carbons (Fsp3) is 0.286. The Hall–Kier alpha value is -2.48. The Balaban J connectivity index is 2.33. The van der Waals surface area contributed by atoms with Crippen molar-refractivity contribution in [2.45, 2.75) is 6.42 Å². The van der Waals surface area contributed by atoms with Crippen molar-refractivity contribution in [1.29, 1.82) is 5.26 Å². The number of pyridine rings is 1. The SMILES string of the molecule is Cn1c(=O)c(C#N)cc2cc3c(cc21)OCCCO3. The molecule has 0 N–H and O–H groups in total. The topological polar surface area (TPSA) is 64.2 Å². The van der Waals surface area contributed by atoms with Gasteiger partial charge in [0.15, 0.2) is 11.5 Å². The lowest BCUT2D eigenvalue weighted by Crippen LogP contribution is -2.19. The second kappa shape index (κ2) is 4.32. The Kier molecular flexibility index (Phi) is 2.64. The van der Waals surface area contributed by atoms with E-state index in [0.29, 0.717) is 24.7 Å². The highest BCUT2D eigenvalue weighted by Crippen LogP contribution is 2.33. The normalized spacial score (nSPS) is 13.9. The number of ether oxygens (including phenoxy) is 2. The molecule has 0 unspecified atom stereocenters. The number of fused-ring (bicyclic) bond motifs is 2. The van der Waals surface area contributed by atoms with Gasteiger partial charge < -0.3 is 14.0 Å². The summed E-state index contributed by atoms with van der Waals surface area (Å²) in [6.45, 7) is 1.21. The highest BCUT2D eigenvalue weighted by atomic mass is 16.5. The average Bonchev–Trinajstić information content (AvgIpc) is 2.65. The quantitative estimate of drug-likeness (QED) is 0.717. The Labute approximate surface area is 109 Å². The van der Waals surface area contributed by atoms with E-state index in [4.69, 9.17) is 14.7 Å². The number of hydrogen-bond donors (Lipinski definition) is 0. The maximum atomic E-state index is 11.9. The first-order chi connectivity index (χ1) is 9.20. The average molecular weight is 256 g/mol. The zero-order chi connectivity index (χ0) is 13.4. The van der Waals surface area contributed by atoms with E-state index in [2.05, 4.69) is 0 Å². The number of rotatable bonds is 0. The van der Waals surface area contributed by atoms with Gasteiger partial charge in [0.2, 0.25) is 0 Å². The third kappa shape index (κ3) is 1.82. The van der Waals surface area contributed by atoms with Crippen LogP contribution in [-0.4, -0.2) is 17.8 Å². The number of benzene rings is 1. The highest BCUT2D eigenvalue weighted by molar-refractivity contribution is 5.84. The molecule has 0 saturated carbocycles. The van der Waals surface area contributed by atoms with Gasteiger partial charge in [-0.05, 0) is 12.1 Å². The molecule has 19 heavy (non-hydrogen) atoms. The molecule has 3 rings (SSSR count). The Morgan fingerprint density at radius 1 is 1.21 bits per heavy atom. The summed E-state index contributed by atoms with van der Waals surface area (Å²) < 4.78 is 12.7. The minimum Gasteiger partial charge on any atom is -0.490 e. The van der Waals surface area contributed by atoms with E-state index in [-0.39, 0.29) is 11.1 Å². The summed E-state index contributed by atoms with van der Waals surface area (Å²) in [7, 11) is 1.65. The van der Waals surface area contributed by atoms with Crippen LogP contribution in [0.15, 0.2) is 23.0 Å². The molecular formula is C14H12N2O3. The maximum Gasteiger partial charge on any atom is 0.268 e.